The lowest BCUT2D eigenvalue weighted by Crippen LogP contribution is -2.28. The van der Waals surface area contributed by atoms with Crippen LogP contribution in [0, 0.1) is 21.7 Å². The van der Waals surface area contributed by atoms with Gasteiger partial charge in [0.2, 0.25) is 0 Å². The van der Waals surface area contributed by atoms with Crippen molar-refractivity contribution in [1.82, 2.24) is 0 Å². The Morgan fingerprint density at radius 3 is 0.756 bits per heavy atom. The average molecular weight is 1040 g/mol. The van der Waals surface area contributed by atoms with Crippen molar-refractivity contribution in [2.45, 2.75) is 121 Å². The molecule has 2 aliphatic rings. The summed E-state index contributed by atoms with van der Waals surface area (Å²) >= 11 is 0. The lowest BCUT2D eigenvalue weighted by molar-refractivity contribution is -0.114. The minimum absolute atomic E-state index is 0.0605. The Morgan fingerprint density at radius 2 is 0.551 bits per heavy atom. The predicted octanol–water partition coefficient (Wildman–Crippen LogP) is 17.8. The second-order valence-corrected chi connectivity index (χ2v) is 24.8. The van der Waals surface area contributed by atoms with Crippen molar-refractivity contribution in [2.24, 2.45) is 21.7 Å². The molecule has 6 heteroatoms. The van der Waals surface area contributed by atoms with Gasteiger partial charge in [-0.25, -0.2) is 0 Å². The summed E-state index contributed by atoms with van der Waals surface area (Å²) in [5, 5.41) is 0. The molecule has 2 aliphatic carbocycles. The molecule has 0 aliphatic heterocycles. The summed E-state index contributed by atoms with van der Waals surface area (Å²) in [6.45, 7) is 26.7. The zero-order valence-electron chi connectivity index (χ0n) is 47.9. The van der Waals surface area contributed by atoms with Crippen molar-refractivity contribution in [2.75, 3.05) is 0 Å². The fraction of sp³-hybridized carbons (Fsp3) is 0.306. The first-order chi connectivity index (χ1) is 37.0. The van der Waals surface area contributed by atoms with Crippen molar-refractivity contribution < 1.29 is 28.5 Å². The summed E-state index contributed by atoms with van der Waals surface area (Å²) in [4.78, 5) is 29.2. The first kappa shape index (κ1) is 56.5. The molecule has 6 aromatic carbocycles. The topological polar surface area (TPSA) is 71.1 Å². The quantitative estimate of drug-likeness (QED) is 0.0906. The number of hydrogen-bond acceptors (Lipinski definition) is 6. The number of hydrogen-bond donors (Lipinski definition) is 0. The normalized spacial score (nSPS) is 15.1. The molecule has 78 heavy (non-hydrogen) atoms. The van der Waals surface area contributed by atoms with Crippen LogP contribution in [0.1, 0.15) is 128 Å². The maximum atomic E-state index is 14.6. The highest BCUT2D eigenvalue weighted by molar-refractivity contribution is 6.12. The molecule has 8 rings (SSSR count). The largest absolute Gasteiger partial charge is 0.489 e. The zero-order chi connectivity index (χ0) is 55.8. The minimum Gasteiger partial charge on any atom is -0.489 e. The van der Waals surface area contributed by atoms with Crippen LogP contribution in [0.4, 0.5) is 0 Å². The maximum absolute atomic E-state index is 14.6. The van der Waals surface area contributed by atoms with Gasteiger partial charge in [0, 0.05) is 46.3 Å². The van der Waals surface area contributed by atoms with E-state index in [0.29, 0.717) is 49.4 Å². The highest BCUT2D eigenvalue weighted by Gasteiger charge is 2.37. The van der Waals surface area contributed by atoms with E-state index in [0.717, 1.165) is 66.8 Å². The molecular formula is C72H78O6. The van der Waals surface area contributed by atoms with Crippen molar-refractivity contribution >= 4 is 11.6 Å². The van der Waals surface area contributed by atoms with Gasteiger partial charge in [-0.05, 0) is 115 Å². The van der Waals surface area contributed by atoms with E-state index in [4.69, 9.17) is 18.9 Å². The van der Waals surface area contributed by atoms with Crippen LogP contribution in [-0.2, 0) is 36.0 Å². The second-order valence-electron chi connectivity index (χ2n) is 24.8. The van der Waals surface area contributed by atoms with E-state index < -0.39 is 33.5 Å². The van der Waals surface area contributed by atoms with Gasteiger partial charge in [0.1, 0.15) is 49.4 Å². The smallest absolute Gasteiger partial charge is 0.186 e. The standard InChI is InChI=1S/C72H78O6/c1-69(2,3)63-35-53(36-64(67(63)73)70(4,5)6)33-61(55-39-57(75-45-49-25-17-13-18-26-49)43-58(40-55)76-46-50-27-19-14-20-28-50)62(34-54-37-65(71(7,8)9)68(74)66(38-54)72(10,11)12)56-41-59(77-47-51-29-21-15-22-30-51)44-60(42-56)78-48-52-31-23-16-24-32-52/h13-44,61-62H,45-48H2,1-12H3/t61-,62?/m1/s1. The Kier molecular flexibility index (Phi) is 17.3. The molecule has 0 saturated carbocycles. The lowest BCUT2D eigenvalue weighted by Gasteiger charge is -2.33. The van der Waals surface area contributed by atoms with Crippen molar-refractivity contribution in [1.29, 1.82) is 0 Å². The molecule has 2 atom stereocenters. The summed E-state index contributed by atoms with van der Waals surface area (Å²) < 4.78 is 27.0. The molecule has 0 amide bonds. The van der Waals surface area contributed by atoms with Gasteiger partial charge >= 0.3 is 0 Å². The molecule has 402 valence electrons. The molecule has 6 nitrogen and oxygen atoms in total. The maximum Gasteiger partial charge on any atom is 0.186 e. The average Bonchev–Trinajstić information content (AvgIpc) is 3.42. The number of rotatable bonds is 17. The zero-order valence-corrected chi connectivity index (χ0v) is 47.9. The molecule has 0 radical (unpaired) electrons. The Bertz CT molecular complexity index is 2850. The minimum atomic E-state index is -0.461. The fourth-order valence-electron chi connectivity index (χ4n) is 9.82. The number of carbonyl (C=O) groups excluding carboxylic acids is 2. The summed E-state index contributed by atoms with van der Waals surface area (Å²) in [5.41, 5.74) is 8.98. The number of benzene rings is 6. The molecule has 0 fully saturated rings. The molecule has 0 N–H and O–H groups in total. The van der Waals surface area contributed by atoms with Crippen LogP contribution < -0.4 is 18.9 Å². The van der Waals surface area contributed by atoms with Crippen molar-refractivity contribution in [3.63, 3.8) is 0 Å². The Hall–Kier alpha value is -7.70. The molecule has 0 heterocycles. The third kappa shape index (κ3) is 14.9. The van der Waals surface area contributed by atoms with Crippen LogP contribution in [0.3, 0.4) is 0 Å². The number of carbonyl (C=O) groups is 2. The first-order valence-electron chi connectivity index (χ1n) is 27.4. The lowest BCUT2D eigenvalue weighted by atomic mass is 9.70. The molecule has 0 spiro atoms. The highest BCUT2D eigenvalue weighted by Crippen LogP contribution is 2.47. The number of Topliss-reactive ketones (excluding diaryl/α,β-unsaturated/α-hetero) is 2. The highest BCUT2D eigenvalue weighted by atomic mass is 16.5. The number of ether oxygens (including phenoxy) is 4. The Morgan fingerprint density at radius 1 is 0.333 bits per heavy atom. The van der Waals surface area contributed by atoms with Gasteiger partial charge in [-0.1, -0.05) is 217 Å². The Labute approximate surface area is 464 Å². The van der Waals surface area contributed by atoms with Gasteiger partial charge in [-0.3, -0.25) is 9.59 Å². The van der Waals surface area contributed by atoms with E-state index in [9.17, 15) is 9.59 Å². The van der Waals surface area contributed by atoms with Crippen molar-refractivity contribution in [3.8, 4) is 23.0 Å². The van der Waals surface area contributed by atoms with E-state index in [1.807, 2.05) is 84.9 Å². The summed E-state index contributed by atoms with van der Waals surface area (Å²) in [6.07, 6.45) is 12.9. The van der Waals surface area contributed by atoms with Crippen LogP contribution in [0.5, 0.6) is 23.0 Å². The SMILES string of the molecule is CC(C)(C)C1=CC(=CC(c2cc(OCc3ccccc3)cc(OCc3ccccc3)c2)[C@H](C=C2C=C(C(C)(C)C)C(=O)C(C(C)(C)C)=C2)c2cc(OCc3ccccc3)cc(OCc3ccccc3)c2)C=C(C(C)(C)C)C1=O. The molecule has 6 aromatic rings. The predicted molar refractivity (Wildman–Crippen MR) is 318 cm³/mol. The van der Waals surface area contributed by atoms with Crippen LogP contribution in [0.15, 0.2) is 228 Å². The third-order valence-corrected chi connectivity index (χ3v) is 14.2. The summed E-state index contributed by atoms with van der Waals surface area (Å²) in [6, 6.07) is 53.1. The van der Waals surface area contributed by atoms with E-state index in [-0.39, 0.29) is 11.6 Å². The van der Waals surface area contributed by atoms with E-state index in [1.54, 1.807) is 0 Å². The summed E-state index contributed by atoms with van der Waals surface area (Å²) in [7, 11) is 0. The van der Waals surface area contributed by atoms with Gasteiger partial charge in [0.15, 0.2) is 11.6 Å². The van der Waals surface area contributed by atoms with E-state index in [1.165, 1.54) is 0 Å². The molecule has 0 bridgehead atoms. The summed E-state index contributed by atoms with van der Waals surface area (Å²) in [5.74, 6) is 1.77. The van der Waals surface area contributed by atoms with Gasteiger partial charge in [-0.15, -0.1) is 0 Å². The second kappa shape index (κ2) is 23.9. The van der Waals surface area contributed by atoms with Gasteiger partial charge in [0.25, 0.3) is 0 Å². The van der Waals surface area contributed by atoms with Gasteiger partial charge < -0.3 is 18.9 Å². The van der Waals surface area contributed by atoms with Crippen LogP contribution >= 0.6 is 0 Å². The number of ketones is 2. The van der Waals surface area contributed by atoms with Gasteiger partial charge in [-0.2, -0.15) is 0 Å². The first-order valence-corrected chi connectivity index (χ1v) is 27.4. The van der Waals surface area contributed by atoms with Crippen LogP contribution in [0.2, 0.25) is 0 Å². The molecule has 0 saturated heterocycles. The monoisotopic (exact) mass is 1040 g/mol. The van der Waals surface area contributed by atoms with Crippen LogP contribution in [0.25, 0.3) is 0 Å². The van der Waals surface area contributed by atoms with Gasteiger partial charge in [0.05, 0.1) is 0 Å². The molecule has 1 unspecified atom stereocenters. The molecular weight excluding hydrogens is 961 g/mol. The van der Waals surface area contributed by atoms with E-state index >= 15 is 0 Å². The van der Waals surface area contributed by atoms with Crippen molar-refractivity contribution in [3.05, 3.63) is 261 Å². The number of allylic oxidation sites excluding steroid dienone is 12. The van der Waals surface area contributed by atoms with Crippen LogP contribution in [-0.4, -0.2) is 11.6 Å². The fourth-order valence-corrected chi connectivity index (χ4v) is 9.82. The Balaban J connectivity index is 1.44. The molecule has 0 aromatic heterocycles. The van der Waals surface area contributed by atoms with E-state index in [2.05, 4.69) is 192 Å². The third-order valence-electron chi connectivity index (χ3n) is 14.2.